The topological polar surface area (TPSA) is 82.8 Å². The second kappa shape index (κ2) is 9.77. The Hall–Kier alpha value is -3.48. The summed E-state index contributed by atoms with van der Waals surface area (Å²) in [6.07, 6.45) is 6.40. The van der Waals surface area contributed by atoms with Gasteiger partial charge in [0.2, 0.25) is 0 Å². The van der Waals surface area contributed by atoms with E-state index in [-0.39, 0.29) is 11.5 Å². The van der Waals surface area contributed by atoms with E-state index in [1.54, 1.807) is 31.3 Å². The number of para-hydroxylation sites is 1. The standard InChI is InChI=1S/C25H27N3O4/c1-17(25(30)31-2)32-20-12-8-9-18(15-20)16-26-28-23(19-10-4-3-5-11-19)27-22-14-7-6-13-21(22)24(28)29/h6-9,12-17,19H,3-5,10-11H2,1-2H3/t17-/m1/s1. The van der Waals surface area contributed by atoms with Gasteiger partial charge >= 0.3 is 5.97 Å². The molecule has 0 radical (unpaired) electrons. The van der Waals surface area contributed by atoms with Gasteiger partial charge in [-0.3, -0.25) is 4.79 Å². The summed E-state index contributed by atoms with van der Waals surface area (Å²) in [7, 11) is 1.32. The van der Waals surface area contributed by atoms with Crippen molar-refractivity contribution in [3.8, 4) is 5.75 Å². The molecule has 0 N–H and O–H groups in total. The van der Waals surface area contributed by atoms with E-state index in [0.717, 1.165) is 37.1 Å². The fraction of sp³-hybridized carbons (Fsp3) is 0.360. The SMILES string of the molecule is COC(=O)[C@@H](C)Oc1cccc(C=Nn2c(C3CCCCC3)nc3ccccc3c2=O)c1. The molecule has 0 amide bonds. The minimum Gasteiger partial charge on any atom is -0.479 e. The number of esters is 1. The number of rotatable bonds is 6. The third kappa shape index (κ3) is 4.72. The minimum absolute atomic E-state index is 0.167. The molecule has 1 saturated carbocycles. The quantitative estimate of drug-likeness (QED) is 0.428. The molecule has 1 aliphatic carbocycles. The highest BCUT2D eigenvalue weighted by Crippen LogP contribution is 2.31. The number of methoxy groups -OCH3 is 1. The van der Waals surface area contributed by atoms with Crippen LogP contribution in [-0.4, -0.2) is 35.1 Å². The van der Waals surface area contributed by atoms with E-state index in [2.05, 4.69) is 5.10 Å². The smallest absolute Gasteiger partial charge is 0.346 e. The molecule has 7 nitrogen and oxygen atoms in total. The van der Waals surface area contributed by atoms with E-state index in [1.807, 2.05) is 30.3 Å². The molecule has 0 aliphatic heterocycles. The molecule has 0 unspecified atom stereocenters. The summed E-state index contributed by atoms with van der Waals surface area (Å²) in [6.45, 7) is 1.63. The molecule has 2 aromatic carbocycles. The van der Waals surface area contributed by atoms with Crippen LogP contribution in [0.25, 0.3) is 10.9 Å². The maximum Gasteiger partial charge on any atom is 0.346 e. The number of aromatic nitrogens is 2. The normalized spacial score (nSPS) is 15.7. The Balaban J connectivity index is 1.69. The van der Waals surface area contributed by atoms with Crippen LogP contribution < -0.4 is 10.3 Å². The molecule has 7 heteroatoms. The molecular weight excluding hydrogens is 406 g/mol. The summed E-state index contributed by atoms with van der Waals surface area (Å²) in [4.78, 5) is 29.7. The second-order valence-corrected chi connectivity index (χ2v) is 8.04. The first kappa shape index (κ1) is 21.7. The molecular formula is C25H27N3O4. The van der Waals surface area contributed by atoms with Gasteiger partial charge in [0.25, 0.3) is 5.56 Å². The maximum atomic E-state index is 13.3. The van der Waals surface area contributed by atoms with Crippen LogP contribution in [0, 0.1) is 0 Å². The largest absolute Gasteiger partial charge is 0.479 e. The predicted molar refractivity (Wildman–Crippen MR) is 123 cm³/mol. The Morgan fingerprint density at radius 3 is 2.72 bits per heavy atom. The summed E-state index contributed by atoms with van der Waals surface area (Å²) >= 11 is 0. The van der Waals surface area contributed by atoms with Crippen molar-refractivity contribution in [2.75, 3.05) is 7.11 Å². The number of fused-ring (bicyclic) bond motifs is 1. The van der Waals surface area contributed by atoms with E-state index < -0.39 is 12.1 Å². The lowest BCUT2D eigenvalue weighted by Crippen LogP contribution is -2.25. The summed E-state index contributed by atoms with van der Waals surface area (Å²) in [5, 5.41) is 5.09. The lowest BCUT2D eigenvalue weighted by Gasteiger charge is -2.22. The summed E-state index contributed by atoms with van der Waals surface area (Å²) < 4.78 is 11.8. The Morgan fingerprint density at radius 2 is 1.94 bits per heavy atom. The lowest BCUT2D eigenvalue weighted by molar-refractivity contribution is -0.147. The highest BCUT2D eigenvalue weighted by atomic mass is 16.6. The average Bonchev–Trinajstić information content (AvgIpc) is 2.83. The van der Waals surface area contributed by atoms with Crippen LogP contribution in [0.5, 0.6) is 5.75 Å². The van der Waals surface area contributed by atoms with Crippen LogP contribution in [0.2, 0.25) is 0 Å². The van der Waals surface area contributed by atoms with Gasteiger partial charge in [-0.05, 0) is 49.6 Å². The van der Waals surface area contributed by atoms with Gasteiger partial charge in [-0.2, -0.15) is 9.78 Å². The molecule has 0 bridgehead atoms. The molecule has 1 aliphatic rings. The van der Waals surface area contributed by atoms with E-state index in [4.69, 9.17) is 14.5 Å². The van der Waals surface area contributed by atoms with Crippen molar-refractivity contribution in [1.82, 2.24) is 9.66 Å². The van der Waals surface area contributed by atoms with Gasteiger partial charge in [0.05, 0.1) is 24.2 Å². The van der Waals surface area contributed by atoms with Crippen LogP contribution in [0.1, 0.15) is 56.3 Å². The van der Waals surface area contributed by atoms with E-state index in [0.29, 0.717) is 16.7 Å². The first-order valence-electron chi connectivity index (χ1n) is 11.0. The van der Waals surface area contributed by atoms with Crippen molar-refractivity contribution < 1.29 is 14.3 Å². The van der Waals surface area contributed by atoms with Gasteiger partial charge in [-0.1, -0.05) is 43.5 Å². The number of hydrogen-bond acceptors (Lipinski definition) is 6. The van der Waals surface area contributed by atoms with Crippen LogP contribution in [0.4, 0.5) is 0 Å². The number of carbonyl (C=O) groups excluding carboxylic acids is 1. The van der Waals surface area contributed by atoms with Crippen molar-refractivity contribution in [2.45, 2.75) is 51.0 Å². The fourth-order valence-electron chi connectivity index (χ4n) is 4.09. The first-order chi connectivity index (χ1) is 15.6. The highest BCUT2D eigenvalue weighted by molar-refractivity contribution is 5.81. The lowest BCUT2D eigenvalue weighted by atomic mass is 9.88. The van der Waals surface area contributed by atoms with Gasteiger partial charge in [0.1, 0.15) is 11.6 Å². The van der Waals surface area contributed by atoms with Gasteiger partial charge in [-0.15, -0.1) is 0 Å². The Labute approximate surface area is 186 Å². The average molecular weight is 434 g/mol. The van der Waals surface area contributed by atoms with Crippen molar-refractivity contribution in [3.05, 3.63) is 70.3 Å². The van der Waals surface area contributed by atoms with Crippen LogP contribution in [-0.2, 0) is 9.53 Å². The molecule has 1 fully saturated rings. The summed E-state index contributed by atoms with van der Waals surface area (Å²) in [5.74, 6) is 1.00. The van der Waals surface area contributed by atoms with Crippen molar-refractivity contribution in [1.29, 1.82) is 0 Å². The molecule has 166 valence electrons. The van der Waals surface area contributed by atoms with Crippen molar-refractivity contribution in [2.24, 2.45) is 5.10 Å². The van der Waals surface area contributed by atoms with E-state index in [1.165, 1.54) is 18.2 Å². The van der Waals surface area contributed by atoms with Crippen LogP contribution >= 0.6 is 0 Å². The third-order valence-corrected chi connectivity index (χ3v) is 5.78. The number of benzene rings is 2. The van der Waals surface area contributed by atoms with Crippen molar-refractivity contribution in [3.63, 3.8) is 0 Å². The molecule has 1 atom stereocenters. The van der Waals surface area contributed by atoms with Crippen LogP contribution in [0.3, 0.4) is 0 Å². The minimum atomic E-state index is -0.725. The number of nitrogens with zero attached hydrogens (tertiary/aromatic N) is 3. The predicted octanol–water partition coefficient (Wildman–Crippen LogP) is 4.27. The molecule has 0 spiro atoms. The third-order valence-electron chi connectivity index (χ3n) is 5.78. The zero-order valence-corrected chi connectivity index (χ0v) is 18.4. The summed E-state index contributed by atoms with van der Waals surface area (Å²) in [5.41, 5.74) is 1.28. The zero-order chi connectivity index (χ0) is 22.5. The Morgan fingerprint density at radius 1 is 1.16 bits per heavy atom. The Bertz CT molecular complexity index is 1200. The van der Waals surface area contributed by atoms with E-state index in [9.17, 15) is 9.59 Å². The second-order valence-electron chi connectivity index (χ2n) is 8.04. The Kier molecular flexibility index (Phi) is 6.63. The van der Waals surface area contributed by atoms with Gasteiger partial charge < -0.3 is 9.47 Å². The monoisotopic (exact) mass is 433 g/mol. The molecule has 32 heavy (non-hydrogen) atoms. The number of carbonyl (C=O) groups is 1. The van der Waals surface area contributed by atoms with Gasteiger partial charge in [-0.25, -0.2) is 9.78 Å². The maximum absolute atomic E-state index is 13.3. The molecule has 1 heterocycles. The summed E-state index contributed by atoms with van der Waals surface area (Å²) in [6, 6.07) is 14.6. The van der Waals surface area contributed by atoms with Crippen LogP contribution in [0.15, 0.2) is 58.4 Å². The zero-order valence-electron chi connectivity index (χ0n) is 18.4. The van der Waals surface area contributed by atoms with E-state index >= 15 is 0 Å². The van der Waals surface area contributed by atoms with Crippen molar-refractivity contribution >= 4 is 23.1 Å². The van der Waals surface area contributed by atoms with Gasteiger partial charge in [0.15, 0.2) is 6.10 Å². The molecule has 1 aromatic heterocycles. The number of hydrogen-bond donors (Lipinski definition) is 0. The fourth-order valence-corrected chi connectivity index (χ4v) is 4.09. The van der Waals surface area contributed by atoms with Gasteiger partial charge in [0, 0.05) is 5.92 Å². The first-order valence-corrected chi connectivity index (χ1v) is 11.0. The molecule has 3 aromatic rings. The number of ether oxygens (including phenoxy) is 2. The molecule has 0 saturated heterocycles. The highest BCUT2D eigenvalue weighted by Gasteiger charge is 2.22. The molecule has 4 rings (SSSR count).